The molecule has 0 spiro atoms. The first-order valence-electron chi connectivity index (χ1n) is 13.2. The molecule has 174 valence electrons. The first-order valence-corrected chi connectivity index (χ1v) is 13.2. The second-order valence-corrected chi connectivity index (χ2v) is 10.9. The molecule has 0 N–H and O–H groups in total. The second-order valence-electron chi connectivity index (χ2n) is 10.9. The van der Waals surface area contributed by atoms with Crippen molar-refractivity contribution in [2.24, 2.45) is 23.7 Å². The summed E-state index contributed by atoms with van der Waals surface area (Å²) < 4.78 is 5.95. The van der Waals surface area contributed by atoms with Gasteiger partial charge in [0.25, 0.3) is 0 Å². The van der Waals surface area contributed by atoms with Crippen LogP contribution in [0.4, 0.5) is 0 Å². The maximum absolute atomic E-state index is 12.9. The lowest BCUT2D eigenvalue weighted by molar-refractivity contribution is -0.140. The van der Waals surface area contributed by atoms with Crippen LogP contribution in [0.5, 0.6) is 5.75 Å². The molecule has 2 aliphatic carbocycles. The van der Waals surface area contributed by atoms with Crippen LogP contribution in [-0.4, -0.2) is 5.97 Å². The molecule has 0 amide bonds. The lowest BCUT2D eigenvalue weighted by Crippen LogP contribution is -2.30. The molecule has 1 aromatic carbocycles. The molecule has 1 aromatic rings. The highest BCUT2D eigenvalue weighted by Crippen LogP contribution is 2.42. The number of unbranched alkanes of at least 4 members (excludes halogenated alkanes) is 2. The molecule has 0 saturated heterocycles. The smallest absolute Gasteiger partial charge is 0.314 e. The van der Waals surface area contributed by atoms with Crippen molar-refractivity contribution < 1.29 is 9.53 Å². The predicted octanol–water partition coefficient (Wildman–Crippen LogP) is 8.53. The van der Waals surface area contributed by atoms with Gasteiger partial charge in [-0.25, -0.2) is 0 Å². The normalized spacial score (nSPS) is 26.8. The SMILES string of the molecule is CCCCCC1CCC(C2CCC(C(=O)Oc3c(C)cc(C(C)C)cc3C)CC2)CC1. The van der Waals surface area contributed by atoms with Crippen LogP contribution in [0.25, 0.3) is 0 Å². The van der Waals surface area contributed by atoms with Gasteiger partial charge in [0.2, 0.25) is 0 Å². The molecule has 2 heteroatoms. The Balaban J connectivity index is 1.45. The third-order valence-corrected chi connectivity index (χ3v) is 8.23. The number of carbonyl (C=O) groups excluding carboxylic acids is 1. The highest BCUT2D eigenvalue weighted by molar-refractivity contribution is 5.76. The molecule has 2 nitrogen and oxygen atoms in total. The van der Waals surface area contributed by atoms with Crippen molar-refractivity contribution in [1.82, 2.24) is 0 Å². The van der Waals surface area contributed by atoms with Gasteiger partial charge >= 0.3 is 5.97 Å². The summed E-state index contributed by atoms with van der Waals surface area (Å²) in [4.78, 5) is 12.9. The summed E-state index contributed by atoms with van der Waals surface area (Å²) in [6.45, 7) is 10.8. The summed E-state index contributed by atoms with van der Waals surface area (Å²) in [5.41, 5.74) is 3.48. The third kappa shape index (κ3) is 6.59. The lowest BCUT2D eigenvalue weighted by Gasteiger charge is -2.37. The quantitative estimate of drug-likeness (QED) is 0.236. The Morgan fingerprint density at radius 3 is 1.97 bits per heavy atom. The van der Waals surface area contributed by atoms with Crippen LogP contribution in [0.15, 0.2) is 12.1 Å². The van der Waals surface area contributed by atoms with Crippen LogP contribution in [0.1, 0.15) is 120 Å². The van der Waals surface area contributed by atoms with Crippen molar-refractivity contribution >= 4 is 5.97 Å². The highest BCUT2D eigenvalue weighted by atomic mass is 16.5. The Kier molecular flexibility index (Phi) is 9.05. The van der Waals surface area contributed by atoms with Crippen LogP contribution >= 0.6 is 0 Å². The van der Waals surface area contributed by atoms with Gasteiger partial charge in [-0.3, -0.25) is 4.79 Å². The van der Waals surface area contributed by atoms with Gasteiger partial charge in [-0.2, -0.15) is 0 Å². The number of rotatable bonds is 8. The molecule has 0 aliphatic heterocycles. The fourth-order valence-electron chi connectivity index (χ4n) is 6.12. The van der Waals surface area contributed by atoms with Gasteiger partial charge < -0.3 is 4.74 Å². The third-order valence-electron chi connectivity index (χ3n) is 8.23. The first kappa shape index (κ1) is 24.3. The van der Waals surface area contributed by atoms with Crippen molar-refractivity contribution in [3.05, 3.63) is 28.8 Å². The molecule has 0 aromatic heterocycles. The van der Waals surface area contributed by atoms with E-state index in [9.17, 15) is 4.79 Å². The Hall–Kier alpha value is -1.31. The van der Waals surface area contributed by atoms with E-state index in [1.54, 1.807) is 0 Å². The van der Waals surface area contributed by atoms with Crippen LogP contribution in [0, 0.1) is 37.5 Å². The van der Waals surface area contributed by atoms with Gasteiger partial charge in [-0.15, -0.1) is 0 Å². The number of hydrogen-bond donors (Lipinski definition) is 0. The summed E-state index contributed by atoms with van der Waals surface area (Å²) >= 11 is 0. The van der Waals surface area contributed by atoms with E-state index in [0.29, 0.717) is 5.92 Å². The minimum absolute atomic E-state index is 0.00146. The van der Waals surface area contributed by atoms with Crippen molar-refractivity contribution in [3.63, 3.8) is 0 Å². The number of carbonyl (C=O) groups is 1. The van der Waals surface area contributed by atoms with E-state index >= 15 is 0 Å². The summed E-state index contributed by atoms with van der Waals surface area (Å²) in [6.07, 6.45) is 15.8. The zero-order valence-electron chi connectivity index (χ0n) is 20.8. The number of ether oxygens (including phenoxy) is 1. The molecule has 0 heterocycles. The number of esters is 1. The van der Waals surface area contributed by atoms with E-state index in [4.69, 9.17) is 4.74 Å². The van der Waals surface area contributed by atoms with Crippen molar-refractivity contribution in [2.75, 3.05) is 0 Å². The van der Waals surface area contributed by atoms with Gasteiger partial charge in [0.1, 0.15) is 5.75 Å². The minimum Gasteiger partial charge on any atom is -0.426 e. The molecule has 0 atom stereocenters. The monoisotopic (exact) mass is 426 g/mol. The average molecular weight is 427 g/mol. The molecular formula is C29H46O2. The molecule has 31 heavy (non-hydrogen) atoms. The summed E-state index contributed by atoms with van der Waals surface area (Å²) in [6, 6.07) is 4.35. The molecule has 0 unspecified atom stereocenters. The lowest BCUT2D eigenvalue weighted by atomic mass is 9.68. The van der Waals surface area contributed by atoms with Gasteiger partial charge in [0.15, 0.2) is 0 Å². The molecule has 0 radical (unpaired) electrons. The molecule has 2 saturated carbocycles. The maximum atomic E-state index is 12.9. The topological polar surface area (TPSA) is 26.3 Å². The van der Waals surface area contributed by atoms with E-state index in [1.165, 1.54) is 69.8 Å². The Labute approximate surface area is 191 Å². The average Bonchev–Trinajstić information content (AvgIpc) is 2.76. The standard InChI is InChI=1S/C29H46O2/c1-6-7-8-9-23-10-12-24(13-11-23)25-14-16-26(17-15-25)29(30)31-28-21(4)18-27(20(2)3)19-22(28)5/h18-20,23-26H,6-17H2,1-5H3. The van der Waals surface area contributed by atoms with Crippen molar-refractivity contribution in [3.8, 4) is 5.75 Å². The predicted molar refractivity (Wildman–Crippen MR) is 131 cm³/mol. The zero-order valence-corrected chi connectivity index (χ0v) is 20.8. The van der Waals surface area contributed by atoms with Crippen molar-refractivity contribution in [1.29, 1.82) is 0 Å². The zero-order chi connectivity index (χ0) is 22.4. The molecule has 0 bridgehead atoms. The summed E-state index contributed by atoms with van der Waals surface area (Å²) in [5.74, 6) is 4.11. The van der Waals surface area contributed by atoms with Crippen LogP contribution in [0.2, 0.25) is 0 Å². The Morgan fingerprint density at radius 1 is 0.903 bits per heavy atom. The summed E-state index contributed by atoms with van der Waals surface area (Å²) in [5, 5.41) is 0. The van der Waals surface area contributed by atoms with E-state index in [-0.39, 0.29) is 11.9 Å². The molecule has 2 fully saturated rings. The highest BCUT2D eigenvalue weighted by Gasteiger charge is 2.33. The Bertz CT molecular complexity index is 680. The van der Waals surface area contributed by atoms with E-state index < -0.39 is 0 Å². The number of aryl methyl sites for hydroxylation is 2. The van der Waals surface area contributed by atoms with Gasteiger partial charge in [-0.1, -0.05) is 71.4 Å². The number of hydrogen-bond acceptors (Lipinski definition) is 2. The van der Waals surface area contributed by atoms with Gasteiger partial charge in [0, 0.05) is 0 Å². The van der Waals surface area contributed by atoms with E-state index in [2.05, 4.69) is 46.8 Å². The van der Waals surface area contributed by atoms with Crippen LogP contribution < -0.4 is 4.74 Å². The van der Waals surface area contributed by atoms with E-state index in [1.807, 2.05) is 0 Å². The van der Waals surface area contributed by atoms with Crippen molar-refractivity contribution in [2.45, 2.75) is 118 Å². The first-order chi connectivity index (χ1) is 14.9. The van der Waals surface area contributed by atoms with Crippen LogP contribution in [0.3, 0.4) is 0 Å². The number of benzene rings is 1. The molecule has 3 rings (SSSR count). The largest absolute Gasteiger partial charge is 0.426 e. The van der Waals surface area contributed by atoms with Gasteiger partial charge in [-0.05, 0) is 92.7 Å². The summed E-state index contributed by atoms with van der Waals surface area (Å²) in [7, 11) is 0. The fraction of sp³-hybridized carbons (Fsp3) is 0.759. The molecular weight excluding hydrogens is 380 g/mol. The van der Waals surface area contributed by atoms with E-state index in [0.717, 1.165) is 47.5 Å². The van der Waals surface area contributed by atoms with Crippen LogP contribution in [-0.2, 0) is 4.79 Å². The minimum atomic E-state index is 0.00146. The molecule has 2 aliphatic rings. The van der Waals surface area contributed by atoms with Gasteiger partial charge in [0.05, 0.1) is 5.92 Å². The second kappa shape index (κ2) is 11.5. The Morgan fingerprint density at radius 2 is 1.45 bits per heavy atom. The fourth-order valence-corrected chi connectivity index (χ4v) is 6.12. The maximum Gasteiger partial charge on any atom is 0.314 e.